The molecular formula is C27H26FN3O. The highest BCUT2D eigenvalue weighted by atomic mass is 19.1. The second-order valence-electron chi connectivity index (χ2n) is 9.49. The van der Waals surface area contributed by atoms with Gasteiger partial charge in [-0.05, 0) is 74.2 Å². The van der Waals surface area contributed by atoms with Crippen LogP contribution in [0.2, 0.25) is 0 Å². The molecule has 0 amide bonds. The van der Waals surface area contributed by atoms with Crippen LogP contribution in [0.25, 0.3) is 17.3 Å². The van der Waals surface area contributed by atoms with Crippen LogP contribution in [0.5, 0.6) is 0 Å². The number of nitriles is 1. The lowest BCUT2D eigenvalue weighted by Gasteiger charge is -2.51. The lowest BCUT2D eigenvalue weighted by Crippen LogP contribution is -2.48. The van der Waals surface area contributed by atoms with Crippen LogP contribution >= 0.6 is 0 Å². The normalized spacial score (nSPS) is 24.0. The van der Waals surface area contributed by atoms with Crippen molar-refractivity contribution in [2.24, 2.45) is 11.3 Å². The fraction of sp³-hybridized carbons (Fsp3) is 0.333. The number of hydrogen-bond donors (Lipinski definition) is 1. The third-order valence-electron chi connectivity index (χ3n) is 7.50. The first-order valence-corrected chi connectivity index (χ1v) is 11.1. The van der Waals surface area contributed by atoms with Gasteiger partial charge in [-0.1, -0.05) is 24.6 Å². The summed E-state index contributed by atoms with van der Waals surface area (Å²) in [5.74, 6) is -0.264. The fourth-order valence-corrected chi connectivity index (χ4v) is 5.80. The monoisotopic (exact) mass is 427 g/mol. The Morgan fingerprint density at radius 3 is 2.78 bits per heavy atom. The molecule has 3 aromatic rings. The Labute approximate surface area is 187 Å². The Hall–Kier alpha value is -3.23. The molecule has 32 heavy (non-hydrogen) atoms. The maximum Gasteiger partial charge on any atom is 0.123 e. The minimum atomic E-state index is -1.07. The quantitative estimate of drug-likeness (QED) is 0.586. The molecule has 1 N–H and O–H groups in total. The van der Waals surface area contributed by atoms with E-state index in [-0.39, 0.29) is 17.2 Å². The molecule has 5 rings (SSSR count). The van der Waals surface area contributed by atoms with Crippen molar-refractivity contribution in [3.8, 4) is 17.3 Å². The first-order chi connectivity index (χ1) is 15.3. The molecule has 1 saturated carbocycles. The molecule has 1 aliphatic carbocycles. The maximum atomic E-state index is 13.4. The van der Waals surface area contributed by atoms with Gasteiger partial charge in [-0.25, -0.2) is 9.37 Å². The maximum absolute atomic E-state index is 13.4. The van der Waals surface area contributed by atoms with E-state index in [0.717, 1.165) is 48.3 Å². The third-order valence-corrected chi connectivity index (χ3v) is 7.50. The Bertz CT molecular complexity index is 1250. The van der Waals surface area contributed by atoms with Crippen LogP contribution in [0, 0.1) is 28.5 Å². The molecular weight excluding hydrogens is 401 g/mol. The molecule has 3 atom stereocenters. The van der Waals surface area contributed by atoms with Gasteiger partial charge in [0.1, 0.15) is 5.82 Å². The second kappa shape index (κ2) is 7.43. The van der Waals surface area contributed by atoms with Crippen LogP contribution in [0.1, 0.15) is 49.9 Å². The average molecular weight is 428 g/mol. The molecule has 1 aromatic heterocycles. The van der Waals surface area contributed by atoms with Crippen LogP contribution in [0.4, 0.5) is 4.39 Å². The summed E-state index contributed by atoms with van der Waals surface area (Å²) < 4.78 is 15.6. The number of aliphatic hydroxyl groups is 1. The van der Waals surface area contributed by atoms with E-state index in [4.69, 9.17) is 0 Å². The highest BCUT2D eigenvalue weighted by Crippen LogP contribution is 2.55. The van der Waals surface area contributed by atoms with E-state index in [1.54, 1.807) is 24.3 Å². The summed E-state index contributed by atoms with van der Waals surface area (Å²) >= 11 is 0. The van der Waals surface area contributed by atoms with Crippen molar-refractivity contribution in [3.05, 3.63) is 83.1 Å². The van der Waals surface area contributed by atoms with Gasteiger partial charge in [-0.15, -0.1) is 0 Å². The Balaban J connectivity index is 1.55. The summed E-state index contributed by atoms with van der Waals surface area (Å²) in [6, 6.07) is 16.0. The van der Waals surface area contributed by atoms with Crippen molar-refractivity contribution in [1.82, 2.24) is 9.55 Å². The van der Waals surface area contributed by atoms with Crippen LogP contribution in [0.15, 0.2) is 60.4 Å². The lowest BCUT2D eigenvalue weighted by atomic mass is 9.57. The number of nitrogens with zero attached hydrogens (tertiary/aromatic N) is 3. The van der Waals surface area contributed by atoms with Gasteiger partial charge in [0, 0.05) is 23.4 Å². The lowest BCUT2D eigenvalue weighted by molar-refractivity contribution is -0.0713. The summed E-state index contributed by atoms with van der Waals surface area (Å²) in [5, 5.41) is 21.1. The van der Waals surface area contributed by atoms with Gasteiger partial charge in [-0.3, -0.25) is 0 Å². The van der Waals surface area contributed by atoms with E-state index in [1.165, 1.54) is 17.7 Å². The Morgan fingerprint density at radius 1 is 1.25 bits per heavy atom. The van der Waals surface area contributed by atoms with Gasteiger partial charge < -0.3 is 9.67 Å². The van der Waals surface area contributed by atoms with E-state index < -0.39 is 5.60 Å². The summed E-state index contributed by atoms with van der Waals surface area (Å²) in [6.45, 7) is 4.85. The summed E-state index contributed by atoms with van der Waals surface area (Å²) in [4.78, 5) is 4.65. The predicted octanol–water partition coefficient (Wildman–Crippen LogP) is 5.67. The van der Waals surface area contributed by atoms with Gasteiger partial charge in [0.2, 0.25) is 0 Å². The van der Waals surface area contributed by atoms with E-state index in [1.807, 2.05) is 25.4 Å². The summed E-state index contributed by atoms with van der Waals surface area (Å²) in [7, 11) is 0. The molecule has 1 fully saturated rings. The van der Waals surface area contributed by atoms with E-state index in [2.05, 4.69) is 28.6 Å². The molecule has 162 valence electrons. The smallest absolute Gasteiger partial charge is 0.123 e. The van der Waals surface area contributed by atoms with E-state index >= 15 is 0 Å². The Kier molecular flexibility index (Phi) is 4.79. The zero-order valence-corrected chi connectivity index (χ0v) is 18.3. The topological polar surface area (TPSA) is 61.8 Å². The van der Waals surface area contributed by atoms with Gasteiger partial charge in [0.25, 0.3) is 0 Å². The molecule has 0 bridgehead atoms. The number of fused-ring (bicyclic) bond motifs is 2. The van der Waals surface area contributed by atoms with E-state index in [9.17, 15) is 14.8 Å². The number of benzene rings is 2. The second-order valence-corrected chi connectivity index (χ2v) is 9.49. The van der Waals surface area contributed by atoms with Crippen molar-refractivity contribution in [3.63, 3.8) is 0 Å². The summed E-state index contributed by atoms with van der Waals surface area (Å²) in [5.41, 5.74) is 4.15. The third kappa shape index (κ3) is 3.18. The van der Waals surface area contributed by atoms with Crippen molar-refractivity contribution in [1.29, 1.82) is 5.26 Å². The van der Waals surface area contributed by atoms with Crippen LogP contribution in [-0.4, -0.2) is 14.7 Å². The van der Waals surface area contributed by atoms with Crippen LogP contribution < -0.4 is 0 Å². The molecule has 5 heteroatoms. The predicted molar refractivity (Wildman–Crippen MR) is 122 cm³/mol. The fourth-order valence-electron chi connectivity index (χ4n) is 5.80. The zero-order chi connectivity index (χ0) is 22.5. The minimum absolute atomic E-state index is 0.00577. The standard InChI is InChI=1S/C27H26FN3O/c1-26-16-31-17-30-25(19-9-11-22(28)12-10-19)23(31)14-20(26)6-4-8-24(26)27(2,32)21-7-3-5-18(13-21)15-29/h3,5,7,9-14,17,24,32H,4,6,8,16H2,1-2H3/t24-,26-,27+/m0/s1. The minimum Gasteiger partial charge on any atom is -0.385 e. The summed E-state index contributed by atoms with van der Waals surface area (Å²) in [6.07, 6.45) is 6.97. The van der Waals surface area contributed by atoms with Gasteiger partial charge >= 0.3 is 0 Å². The van der Waals surface area contributed by atoms with Crippen molar-refractivity contribution in [2.75, 3.05) is 0 Å². The van der Waals surface area contributed by atoms with Crippen molar-refractivity contribution in [2.45, 2.75) is 45.3 Å². The van der Waals surface area contributed by atoms with E-state index in [0.29, 0.717) is 5.56 Å². The number of aromatic nitrogens is 2. The largest absolute Gasteiger partial charge is 0.385 e. The van der Waals surface area contributed by atoms with Crippen LogP contribution in [0.3, 0.4) is 0 Å². The highest BCUT2D eigenvalue weighted by Gasteiger charge is 2.51. The number of hydrogen-bond acceptors (Lipinski definition) is 3. The molecule has 0 spiro atoms. The first-order valence-electron chi connectivity index (χ1n) is 11.1. The zero-order valence-electron chi connectivity index (χ0n) is 18.3. The molecule has 2 heterocycles. The van der Waals surface area contributed by atoms with Gasteiger partial charge in [-0.2, -0.15) is 5.26 Å². The highest BCUT2D eigenvalue weighted by molar-refractivity contribution is 5.72. The first kappa shape index (κ1) is 20.7. The van der Waals surface area contributed by atoms with Crippen molar-refractivity contribution < 1.29 is 9.50 Å². The molecule has 1 aliphatic heterocycles. The van der Waals surface area contributed by atoms with Gasteiger partial charge in [0.15, 0.2) is 0 Å². The number of imidazole rings is 1. The molecule has 2 aliphatic rings. The van der Waals surface area contributed by atoms with Crippen molar-refractivity contribution >= 4 is 6.08 Å². The number of rotatable bonds is 3. The average Bonchev–Trinajstić information content (AvgIpc) is 3.19. The van der Waals surface area contributed by atoms with Crippen LogP contribution in [-0.2, 0) is 12.1 Å². The Morgan fingerprint density at radius 2 is 2.03 bits per heavy atom. The molecule has 0 saturated heterocycles. The number of halogens is 1. The van der Waals surface area contributed by atoms with Gasteiger partial charge in [0.05, 0.1) is 34.9 Å². The molecule has 0 unspecified atom stereocenters. The number of allylic oxidation sites excluding steroid dienone is 1. The molecule has 4 nitrogen and oxygen atoms in total. The molecule has 2 aromatic carbocycles. The SMILES string of the molecule is C[C@]12Cn3cnc(-c4ccc(F)cc4)c3C=C1CCC[C@@H]2[C@](C)(O)c1cccc(C#N)c1. The molecule has 0 radical (unpaired) electrons.